The van der Waals surface area contributed by atoms with E-state index in [2.05, 4.69) is 29.2 Å². The number of unbranched alkanes of at least 4 members (excludes halogenated alkanes) is 1. The molecule has 154 valence electrons. The molecule has 0 atom stereocenters. The second-order valence-corrected chi connectivity index (χ2v) is 8.01. The quantitative estimate of drug-likeness (QED) is 0.296. The molecule has 0 N–H and O–H groups in total. The fraction of sp³-hybridized carbons (Fsp3) is 0.304. The molecule has 2 aromatic heterocycles. The number of hydrogen-bond acceptors (Lipinski definition) is 6. The Morgan fingerprint density at radius 3 is 2.57 bits per heavy atom. The summed E-state index contributed by atoms with van der Waals surface area (Å²) in [5.41, 5.74) is 2.68. The van der Waals surface area contributed by atoms with E-state index in [9.17, 15) is 4.79 Å². The molecule has 0 saturated heterocycles. The lowest BCUT2D eigenvalue weighted by Gasteiger charge is -2.13. The van der Waals surface area contributed by atoms with Gasteiger partial charge in [0.25, 0.3) is 5.56 Å². The van der Waals surface area contributed by atoms with Crippen LogP contribution in [-0.2, 0) is 18.6 Å². The largest absolute Gasteiger partial charge is 0.338 e. The summed E-state index contributed by atoms with van der Waals surface area (Å²) in [7, 11) is 0. The van der Waals surface area contributed by atoms with Crippen LogP contribution in [0.4, 0.5) is 0 Å². The van der Waals surface area contributed by atoms with Crippen molar-refractivity contribution < 1.29 is 4.52 Å². The molecule has 30 heavy (non-hydrogen) atoms. The zero-order valence-electron chi connectivity index (χ0n) is 17.2. The van der Waals surface area contributed by atoms with Gasteiger partial charge in [-0.3, -0.25) is 9.36 Å². The normalized spacial score (nSPS) is 11.3. The average molecular weight is 421 g/mol. The van der Waals surface area contributed by atoms with Gasteiger partial charge in [-0.05, 0) is 42.7 Å². The molecule has 0 bridgehead atoms. The zero-order chi connectivity index (χ0) is 20.9. The van der Waals surface area contributed by atoms with Crippen molar-refractivity contribution in [2.75, 3.05) is 0 Å². The maximum Gasteiger partial charge on any atom is 0.266 e. The van der Waals surface area contributed by atoms with Gasteiger partial charge in [-0.25, -0.2) is 4.98 Å². The Morgan fingerprint density at radius 2 is 1.83 bits per heavy atom. The number of rotatable bonds is 8. The minimum Gasteiger partial charge on any atom is -0.338 e. The molecule has 6 nitrogen and oxygen atoms in total. The number of aryl methyl sites for hydroxylation is 2. The first kappa shape index (κ1) is 20.3. The monoisotopic (exact) mass is 420 g/mol. The Bertz CT molecular complexity index is 1200. The molecule has 4 aromatic rings. The van der Waals surface area contributed by atoms with Gasteiger partial charge in [0.1, 0.15) is 0 Å². The molecular weight excluding hydrogens is 396 g/mol. The highest BCUT2D eigenvalue weighted by atomic mass is 32.2. The summed E-state index contributed by atoms with van der Waals surface area (Å²) in [5.74, 6) is 1.66. The maximum atomic E-state index is 13.3. The SMILES string of the molecule is CCCCc1ccc(-n2c(SCc3nc(CC)no3)nc3ccccc3c2=O)cc1. The lowest BCUT2D eigenvalue weighted by molar-refractivity contribution is 0.385. The van der Waals surface area contributed by atoms with E-state index in [1.165, 1.54) is 17.3 Å². The summed E-state index contributed by atoms with van der Waals surface area (Å²) in [5, 5.41) is 5.15. The first-order valence-electron chi connectivity index (χ1n) is 10.2. The summed E-state index contributed by atoms with van der Waals surface area (Å²) in [6, 6.07) is 15.6. The molecule has 0 amide bonds. The van der Waals surface area contributed by atoms with E-state index in [-0.39, 0.29) is 5.56 Å². The number of benzene rings is 2. The lowest BCUT2D eigenvalue weighted by Crippen LogP contribution is -2.21. The number of aromatic nitrogens is 4. The van der Waals surface area contributed by atoms with Gasteiger partial charge in [-0.1, -0.05) is 61.5 Å². The van der Waals surface area contributed by atoms with Crippen LogP contribution in [0.5, 0.6) is 0 Å². The predicted octanol–water partition coefficient (Wildman–Crippen LogP) is 4.97. The highest BCUT2D eigenvalue weighted by molar-refractivity contribution is 7.98. The van der Waals surface area contributed by atoms with Gasteiger partial charge in [0.15, 0.2) is 11.0 Å². The Labute approximate surface area is 179 Å². The minimum absolute atomic E-state index is 0.0795. The van der Waals surface area contributed by atoms with Crippen molar-refractivity contribution in [2.45, 2.75) is 50.4 Å². The summed E-state index contributed by atoms with van der Waals surface area (Å²) in [6.45, 7) is 4.17. The molecule has 0 unspecified atom stereocenters. The highest BCUT2D eigenvalue weighted by Crippen LogP contribution is 2.24. The Hall–Kier alpha value is -2.93. The van der Waals surface area contributed by atoms with Crippen molar-refractivity contribution in [3.63, 3.8) is 0 Å². The van der Waals surface area contributed by atoms with Gasteiger partial charge in [0, 0.05) is 6.42 Å². The molecule has 2 heterocycles. The standard InChI is InChI=1S/C23H24N4O2S/c1-3-5-8-16-11-13-17(14-12-16)27-22(28)18-9-6-7-10-19(18)24-23(27)30-15-21-25-20(4-2)26-29-21/h6-7,9-14H,3-5,8,15H2,1-2H3. The molecule has 0 radical (unpaired) electrons. The third kappa shape index (κ3) is 4.31. The fourth-order valence-corrected chi connectivity index (χ4v) is 4.10. The fourth-order valence-electron chi connectivity index (χ4n) is 3.25. The molecule has 2 aromatic carbocycles. The van der Waals surface area contributed by atoms with Gasteiger partial charge in [-0.2, -0.15) is 4.98 Å². The van der Waals surface area contributed by atoms with E-state index in [0.717, 1.165) is 31.4 Å². The van der Waals surface area contributed by atoms with Crippen molar-refractivity contribution in [3.05, 3.63) is 76.2 Å². The molecular formula is C23H24N4O2S. The molecule has 0 aliphatic heterocycles. The number of fused-ring (bicyclic) bond motifs is 1. The van der Waals surface area contributed by atoms with Crippen LogP contribution >= 0.6 is 11.8 Å². The highest BCUT2D eigenvalue weighted by Gasteiger charge is 2.15. The van der Waals surface area contributed by atoms with E-state index in [1.807, 2.05) is 43.3 Å². The minimum atomic E-state index is -0.0795. The molecule has 4 rings (SSSR count). The van der Waals surface area contributed by atoms with Crippen molar-refractivity contribution in [2.24, 2.45) is 0 Å². The van der Waals surface area contributed by atoms with E-state index >= 15 is 0 Å². The van der Waals surface area contributed by atoms with Gasteiger partial charge < -0.3 is 4.52 Å². The zero-order valence-corrected chi connectivity index (χ0v) is 18.0. The Kier molecular flexibility index (Phi) is 6.28. The molecule has 0 saturated carbocycles. The second kappa shape index (κ2) is 9.26. The number of thioether (sulfide) groups is 1. The second-order valence-electron chi connectivity index (χ2n) is 7.07. The van der Waals surface area contributed by atoms with E-state index < -0.39 is 0 Å². The van der Waals surface area contributed by atoms with E-state index in [4.69, 9.17) is 9.51 Å². The maximum absolute atomic E-state index is 13.3. The van der Waals surface area contributed by atoms with Crippen molar-refractivity contribution in [3.8, 4) is 5.69 Å². The molecule has 0 aliphatic rings. The van der Waals surface area contributed by atoms with Gasteiger partial charge in [0.05, 0.1) is 22.3 Å². The first-order valence-corrected chi connectivity index (χ1v) is 11.2. The number of hydrogen-bond donors (Lipinski definition) is 0. The van der Waals surface area contributed by atoms with Crippen molar-refractivity contribution in [1.29, 1.82) is 0 Å². The van der Waals surface area contributed by atoms with E-state index in [1.54, 1.807) is 4.57 Å². The summed E-state index contributed by atoms with van der Waals surface area (Å²) in [4.78, 5) is 22.4. The Balaban J connectivity index is 1.73. The molecule has 0 spiro atoms. The third-order valence-corrected chi connectivity index (χ3v) is 5.83. The smallest absolute Gasteiger partial charge is 0.266 e. The first-order chi connectivity index (χ1) is 14.7. The van der Waals surface area contributed by atoms with Crippen LogP contribution in [0.1, 0.15) is 44.0 Å². The van der Waals surface area contributed by atoms with Crippen LogP contribution in [-0.4, -0.2) is 19.7 Å². The van der Waals surface area contributed by atoms with Crippen LogP contribution < -0.4 is 5.56 Å². The van der Waals surface area contributed by atoms with E-state index in [0.29, 0.717) is 33.5 Å². The summed E-state index contributed by atoms with van der Waals surface area (Å²) >= 11 is 1.42. The van der Waals surface area contributed by atoms with Gasteiger partial charge in [-0.15, -0.1) is 0 Å². The number of para-hydroxylation sites is 1. The lowest BCUT2D eigenvalue weighted by atomic mass is 10.1. The topological polar surface area (TPSA) is 73.8 Å². The van der Waals surface area contributed by atoms with Gasteiger partial charge >= 0.3 is 0 Å². The summed E-state index contributed by atoms with van der Waals surface area (Å²) in [6.07, 6.45) is 4.07. The van der Waals surface area contributed by atoms with Crippen LogP contribution in [0.15, 0.2) is 63.0 Å². The van der Waals surface area contributed by atoms with Gasteiger partial charge in [0.2, 0.25) is 5.89 Å². The predicted molar refractivity (Wildman–Crippen MR) is 119 cm³/mol. The molecule has 0 aliphatic carbocycles. The average Bonchev–Trinajstić information content (AvgIpc) is 3.25. The van der Waals surface area contributed by atoms with Crippen LogP contribution in [0.3, 0.4) is 0 Å². The molecule has 0 fully saturated rings. The van der Waals surface area contributed by atoms with Crippen LogP contribution in [0.25, 0.3) is 16.6 Å². The number of nitrogens with zero attached hydrogens (tertiary/aromatic N) is 4. The third-order valence-electron chi connectivity index (χ3n) is 4.91. The molecule has 7 heteroatoms. The summed E-state index contributed by atoms with van der Waals surface area (Å²) < 4.78 is 6.97. The van der Waals surface area contributed by atoms with Crippen molar-refractivity contribution >= 4 is 22.7 Å². The van der Waals surface area contributed by atoms with Crippen LogP contribution in [0, 0.1) is 0 Å². The Morgan fingerprint density at radius 1 is 1.03 bits per heavy atom. The van der Waals surface area contributed by atoms with Crippen molar-refractivity contribution in [1.82, 2.24) is 19.7 Å². The van der Waals surface area contributed by atoms with Crippen LogP contribution in [0.2, 0.25) is 0 Å².